The number of hydrogen-bond acceptors (Lipinski definition) is 3. The zero-order valence-corrected chi connectivity index (χ0v) is 8.18. The number of aromatic hydroxyl groups is 1. The van der Waals surface area contributed by atoms with Crippen LogP contribution in [0.25, 0.3) is 0 Å². The largest absolute Gasteiger partial charge is 0.507 e. The summed E-state index contributed by atoms with van der Waals surface area (Å²) < 4.78 is 54.3. The minimum absolute atomic E-state index is 0.101. The Morgan fingerprint density at radius 1 is 1.25 bits per heavy atom. The van der Waals surface area contributed by atoms with Crippen LogP contribution in [0.2, 0.25) is 0 Å². The molecule has 0 aliphatic heterocycles. The highest BCUT2D eigenvalue weighted by molar-refractivity contribution is 5.48. The van der Waals surface area contributed by atoms with Crippen molar-refractivity contribution in [2.75, 3.05) is 5.73 Å². The predicted octanol–water partition coefficient (Wildman–Crippen LogP) is 2.65. The van der Waals surface area contributed by atoms with E-state index in [4.69, 9.17) is 10.8 Å². The molecular weight excluding hydrogens is 230 g/mol. The molecule has 0 atom stereocenters. The molecule has 1 aromatic carbocycles. The Labute approximate surface area is 88.4 Å². The molecule has 1 rings (SSSR count). The third-order valence-electron chi connectivity index (χ3n) is 1.64. The van der Waals surface area contributed by atoms with E-state index in [1.165, 1.54) is 0 Å². The number of ether oxygens (including phenoxy) is 1. The smallest absolute Gasteiger partial charge is 0.391 e. The van der Waals surface area contributed by atoms with Gasteiger partial charge in [-0.25, -0.2) is 0 Å². The summed E-state index contributed by atoms with van der Waals surface area (Å²) in [6, 6.07) is 2.69. The molecule has 0 radical (unpaired) electrons. The zero-order valence-electron chi connectivity index (χ0n) is 8.18. The molecule has 1 aromatic rings. The van der Waals surface area contributed by atoms with Gasteiger partial charge in [0.1, 0.15) is 5.75 Å². The van der Waals surface area contributed by atoms with Gasteiger partial charge in [0.15, 0.2) is 0 Å². The van der Waals surface area contributed by atoms with E-state index in [9.17, 15) is 17.6 Å². The molecule has 0 saturated heterocycles. The molecule has 0 aliphatic carbocycles. The third-order valence-corrected chi connectivity index (χ3v) is 1.64. The molecule has 0 spiro atoms. The van der Waals surface area contributed by atoms with Gasteiger partial charge in [0.2, 0.25) is 0 Å². The van der Waals surface area contributed by atoms with Crippen molar-refractivity contribution < 1.29 is 27.4 Å². The van der Waals surface area contributed by atoms with E-state index in [2.05, 4.69) is 4.74 Å². The van der Waals surface area contributed by atoms with Crippen molar-refractivity contribution in [1.29, 1.82) is 0 Å². The first-order valence-electron chi connectivity index (χ1n) is 4.16. The lowest BCUT2D eigenvalue weighted by Gasteiger charge is -2.22. The van der Waals surface area contributed by atoms with Gasteiger partial charge in [-0.2, -0.15) is 17.6 Å². The lowest BCUT2D eigenvalue weighted by atomic mass is 10.1. The van der Waals surface area contributed by atoms with Crippen LogP contribution < -0.4 is 5.73 Å². The van der Waals surface area contributed by atoms with Crippen LogP contribution in [-0.4, -0.2) is 11.2 Å². The first kappa shape index (κ1) is 12.6. The van der Waals surface area contributed by atoms with Gasteiger partial charge in [-0.15, -0.1) is 0 Å². The van der Waals surface area contributed by atoms with Crippen LogP contribution in [0.3, 0.4) is 0 Å². The van der Waals surface area contributed by atoms with Crippen LogP contribution in [0.1, 0.15) is 12.5 Å². The van der Waals surface area contributed by atoms with Crippen molar-refractivity contribution in [1.82, 2.24) is 0 Å². The van der Waals surface area contributed by atoms with E-state index >= 15 is 0 Å². The number of benzene rings is 1. The fourth-order valence-corrected chi connectivity index (χ4v) is 1.07. The topological polar surface area (TPSA) is 55.5 Å². The van der Waals surface area contributed by atoms with Crippen LogP contribution in [0.4, 0.5) is 23.2 Å². The normalized spacial score (nSPS) is 12.8. The predicted molar refractivity (Wildman–Crippen MR) is 48.1 cm³/mol. The fourth-order valence-electron chi connectivity index (χ4n) is 1.07. The molecular formula is C9H9F4NO2. The van der Waals surface area contributed by atoms with Crippen LogP contribution in [0.5, 0.6) is 5.75 Å². The molecule has 90 valence electrons. The van der Waals surface area contributed by atoms with Gasteiger partial charge in [0, 0.05) is 12.6 Å². The van der Waals surface area contributed by atoms with Crippen LogP contribution >= 0.6 is 0 Å². The highest BCUT2D eigenvalue weighted by Gasteiger charge is 2.44. The average molecular weight is 239 g/mol. The van der Waals surface area contributed by atoms with Crippen LogP contribution in [-0.2, 0) is 10.8 Å². The van der Waals surface area contributed by atoms with Crippen molar-refractivity contribution in [3.05, 3.63) is 23.8 Å². The molecule has 0 amide bonds. The first-order chi connectivity index (χ1) is 7.12. The Hall–Kier alpha value is -1.50. The van der Waals surface area contributed by atoms with E-state index in [1.54, 1.807) is 0 Å². The lowest BCUT2D eigenvalue weighted by molar-refractivity contribution is -0.376. The number of nitrogens with two attached hydrogens (primary N) is 1. The number of rotatable bonds is 3. The van der Waals surface area contributed by atoms with Gasteiger partial charge in [0.25, 0.3) is 0 Å². The van der Waals surface area contributed by atoms with E-state index < -0.39 is 23.5 Å². The summed E-state index contributed by atoms with van der Waals surface area (Å²) in [6.45, 7) is 0.171. The summed E-state index contributed by atoms with van der Waals surface area (Å²) >= 11 is 0. The van der Waals surface area contributed by atoms with Crippen LogP contribution in [0, 0.1) is 0 Å². The summed E-state index contributed by atoms with van der Waals surface area (Å²) in [5, 5.41) is 9.11. The number of nitrogen functional groups attached to an aromatic ring is 1. The molecule has 0 aromatic heterocycles. The van der Waals surface area contributed by atoms with E-state index in [0.29, 0.717) is 6.07 Å². The van der Waals surface area contributed by atoms with Gasteiger partial charge < -0.3 is 10.8 Å². The second kappa shape index (κ2) is 3.82. The van der Waals surface area contributed by atoms with E-state index in [1.807, 2.05) is 0 Å². The van der Waals surface area contributed by atoms with Gasteiger partial charge in [-0.3, -0.25) is 4.74 Å². The number of anilines is 1. The fraction of sp³-hybridized carbons (Fsp3) is 0.333. The molecule has 7 heteroatoms. The quantitative estimate of drug-likeness (QED) is 0.484. The Kier molecular flexibility index (Phi) is 3.00. The van der Waals surface area contributed by atoms with Gasteiger partial charge in [-0.1, -0.05) is 0 Å². The number of phenolic OH excluding ortho intramolecular Hbond substituents is 1. The Balaban J connectivity index is 3.11. The van der Waals surface area contributed by atoms with Gasteiger partial charge in [0.05, 0.1) is 5.56 Å². The van der Waals surface area contributed by atoms with Crippen molar-refractivity contribution >= 4 is 5.69 Å². The second-order valence-corrected chi connectivity index (χ2v) is 3.20. The van der Waals surface area contributed by atoms with Crippen LogP contribution in [0.15, 0.2) is 18.2 Å². The Morgan fingerprint density at radius 2 is 1.81 bits per heavy atom. The number of hydrogen-bond donors (Lipinski definition) is 2. The maximum Gasteiger partial charge on any atom is 0.391 e. The lowest BCUT2D eigenvalue weighted by Crippen LogP contribution is -2.28. The molecule has 16 heavy (non-hydrogen) atoms. The zero-order chi connectivity index (χ0) is 12.6. The molecule has 0 saturated carbocycles. The number of alkyl halides is 4. The maximum atomic E-state index is 13.2. The van der Waals surface area contributed by atoms with E-state index in [0.717, 1.165) is 12.1 Å². The summed E-state index contributed by atoms with van der Waals surface area (Å²) in [7, 11) is 0. The minimum atomic E-state index is -4.32. The third kappa shape index (κ3) is 2.99. The second-order valence-electron chi connectivity index (χ2n) is 3.20. The van der Waals surface area contributed by atoms with Crippen molar-refractivity contribution in [3.63, 3.8) is 0 Å². The summed E-state index contributed by atoms with van der Waals surface area (Å²) in [4.78, 5) is 0. The highest BCUT2D eigenvalue weighted by Crippen LogP contribution is 2.40. The summed E-state index contributed by atoms with van der Waals surface area (Å²) in [6.07, 6.45) is -8.35. The van der Waals surface area contributed by atoms with Crippen molar-refractivity contribution in [2.24, 2.45) is 0 Å². The number of halogens is 4. The molecule has 3 nitrogen and oxygen atoms in total. The molecule has 3 N–H and O–H groups in total. The van der Waals surface area contributed by atoms with Gasteiger partial charge in [-0.05, 0) is 18.2 Å². The minimum Gasteiger partial charge on any atom is -0.507 e. The maximum absolute atomic E-state index is 13.2. The molecule has 0 unspecified atom stereocenters. The summed E-state index contributed by atoms with van der Waals surface area (Å²) in [5.41, 5.74) is 4.00. The average Bonchev–Trinajstić information content (AvgIpc) is 2.04. The highest BCUT2D eigenvalue weighted by atomic mass is 19.3. The molecule has 0 heterocycles. The standard InChI is InChI=1S/C9H9F4NO2/c1-8(10,11)16-9(12,13)6-4-5(14)2-3-7(6)15/h2-4,15H,14H2,1H3. The van der Waals surface area contributed by atoms with E-state index in [-0.39, 0.29) is 12.6 Å². The number of phenols is 1. The Bertz CT molecular complexity index is 390. The summed E-state index contributed by atoms with van der Waals surface area (Å²) in [5.74, 6) is -0.872. The first-order valence-corrected chi connectivity index (χ1v) is 4.16. The SMILES string of the molecule is CC(F)(F)OC(F)(F)c1cc(N)ccc1O. The molecule has 0 fully saturated rings. The Morgan fingerprint density at radius 3 is 2.31 bits per heavy atom. The van der Waals surface area contributed by atoms with Crippen molar-refractivity contribution in [3.8, 4) is 5.75 Å². The van der Waals surface area contributed by atoms with Gasteiger partial charge >= 0.3 is 12.2 Å². The van der Waals surface area contributed by atoms with Crippen molar-refractivity contribution in [2.45, 2.75) is 19.1 Å². The molecule has 0 aliphatic rings. The monoisotopic (exact) mass is 239 g/mol. The molecule has 0 bridgehead atoms.